The summed E-state index contributed by atoms with van der Waals surface area (Å²) in [6.45, 7) is 8.06. The van der Waals surface area contributed by atoms with Crippen LogP contribution in [-0.4, -0.2) is 32.3 Å². The molecule has 3 nitrogen and oxygen atoms in total. The topological polar surface area (TPSA) is 47.3 Å². The Balaban J connectivity index is 3.59. The molecule has 0 radical (unpaired) electrons. The summed E-state index contributed by atoms with van der Waals surface area (Å²) in [4.78, 5) is 0. The molecule has 2 unspecified atom stereocenters. The van der Waals surface area contributed by atoms with Crippen LogP contribution < -0.4 is 11.1 Å². The van der Waals surface area contributed by atoms with E-state index in [0.29, 0.717) is 18.5 Å². The number of ether oxygens (including phenoxy) is 1. The summed E-state index contributed by atoms with van der Waals surface area (Å²) >= 11 is 0. The lowest BCUT2D eigenvalue weighted by Gasteiger charge is -2.20. The summed E-state index contributed by atoms with van der Waals surface area (Å²) in [5.74, 6) is 0.693. The van der Waals surface area contributed by atoms with Crippen molar-refractivity contribution in [2.45, 2.75) is 39.3 Å². The van der Waals surface area contributed by atoms with Gasteiger partial charge in [0, 0.05) is 26.2 Å². The van der Waals surface area contributed by atoms with Gasteiger partial charge in [-0.3, -0.25) is 0 Å². The minimum atomic E-state index is 0.265. The molecule has 0 aliphatic heterocycles. The molecule has 80 valence electrons. The number of hydrogen-bond donors (Lipinski definition) is 2. The predicted octanol–water partition coefficient (Wildman–Crippen LogP) is 0.984. The summed E-state index contributed by atoms with van der Waals surface area (Å²) in [7, 11) is 1.73. The zero-order chi connectivity index (χ0) is 10.3. The van der Waals surface area contributed by atoms with Gasteiger partial charge in [0.15, 0.2) is 0 Å². The number of rotatable bonds is 7. The van der Waals surface area contributed by atoms with Crippen molar-refractivity contribution in [2.24, 2.45) is 11.7 Å². The largest absolute Gasteiger partial charge is 0.380 e. The van der Waals surface area contributed by atoms with Crippen molar-refractivity contribution in [3.05, 3.63) is 0 Å². The number of hydrogen-bond acceptors (Lipinski definition) is 3. The second-order valence-electron chi connectivity index (χ2n) is 4.02. The van der Waals surface area contributed by atoms with E-state index in [-0.39, 0.29) is 6.10 Å². The summed E-state index contributed by atoms with van der Waals surface area (Å²) in [5.41, 5.74) is 5.65. The summed E-state index contributed by atoms with van der Waals surface area (Å²) in [5, 5.41) is 3.40. The maximum absolute atomic E-state index is 5.65. The first-order valence-corrected chi connectivity index (χ1v) is 5.06. The molecule has 0 aromatic rings. The summed E-state index contributed by atoms with van der Waals surface area (Å²) < 4.78 is 5.15. The Morgan fingerprint density at radius 1 is 1.31 bits per heavy atom. The molecule has 0 saturated carbocycles. The molecular weight excluding hydrogens is 164 g/mol. The Hall–Kier alpha value is -0.120. The molecule has 0 bridgehead atoms. The van der Waals surface area contributed by atoms with Crippen LogP contribution >= 0.6 is 0 Å². The second kappa shape index (κ2) is 7.30. The molecule has 2 atom stereocenters. The van der Waals surface area contributed by atoms with Crippen LogP contribution in [0.4, 0.5) is 0 Å². The second-order valence-corrected chi connectivity index (χ2v) is 4.02. The third-order valence-corrected chi connectivity index (χ3v) is 2.14. The Kier molecular flexibility index (Phi) is 7.23. The average molecular weight is 188 g/mol. The molecular formula is C10H24N2O. The molecule has 0 spiro atoms. The van der Waals surface area contributed by atoms with Crippen LogP contribution in [0.15, 0.2) is 0 Å². The van der Waals surface area contributed by atoms with E-state index in [1.807, 2.05) is 0 Å². The van der Waals surface area contributed by atoms with Crippen molar-refractivity contribution in [3.63, 3.8) is 0 Å². The molecule has 0 aromatic heterocycles. The van der Waals surface area contributed by atoms with Gasteiger partial charge >= 0.3 is 0 Å². The van der Waals surface area contributed by atoms with Gasteiger partial charge in [0.2, 0.25) is 0 Å². The van der Waals surface area contributed by atoms with Crippen molar-refractivity contribution >= 4 is 0 Å². The van der Waals surface area contributed by atoms with Gasteiger partial charge in [-0.05, 0) is 19.3 Å². The molecule has 0 fully saturated rings. The standard InChI is InChI=1S/C10H24N2O/c1-8(2)5-10(6-11)12-7-9(3)13-4/h8-10,12H,5-7,11H2,1-4H3. The quantitative estimate of drug-likeness (QED) is 0.626. The Morgan fingerprint density at radius 2 is 1.92 bits per heavy atom. The highest BCUT2D eigenvalue weighted by Crippen LogP contribution is 2.03. The van der Waals surface area contributed by atoms with Gasteiger partial charge < -0.3 is 15.8 Å². The molecule has 0 heterocycles. The van der Waals surface area contributed by atoms with Gasteiger partial charge in [0.25, 0.3) is 0 Å². The average Bonchev–Trinajstić information content (AvgIpc) is 2.10. The van der Waals surface area contributed by atoms with E-state index >= 15 is 0 Å². The Bertz CT molecular complexity index is 117. The molecule has 3 heteroatoms. The molecule has 0 aromatic carbocycles. The van der Waals surface area contributed by atoms with Crippen LogP contribution in [0.2, 0.25) is 0 Å². The Morgan fingerprint density at radius 3 is 2.31 bits per heavy atom. The molecule has 0 saturated heterocycles. The van der Waals surface area contributed by atoms with Crippen molar-refractivity contribution < 1.29 is 4.74 Å². The smallest absolute Gasteiger partial charge is 0.0667 e. The van der Waals surface area contributed by atoms with Crippen molar-refractivity contribution in [1.82, 2.24) is 5.32 Å². The van der Waals surface area contributed by atoms with Crippen LogP contribution in [0.5, 0.6) is 0 Å². The van der Waals surface area contributed by atoms with Gasteiger partial charge in [-0.1, -0.05) is 13.8 Å². The lowest BCUT2D eigenvalue weighted by atomic mass is 10.0. The minimum Gasteiger partial charge on any atom is -0.380 e. The van der Waals surface area contributed by atoms with Gasteiger partial charge in [-0.15, -0.1) is 0 Å². The predicted molar refractivity (Wildman–Crippen MR) is 56.8 cm³/mol. The fraction of sp³-hybridized carbons (Fsp3) is 1.00. The fourth-order valence-corrected chi connectivity index (χ4v) is 1.25. The molecule has 0 rings (SSSR count). The molecule has 0 aliphatic rings. The van der Waals surface area contributed by atoms with Gasteiger partial charge in [-0.2, -0.15) is 0 Å². The summed E-state index contributed by atoms with van der Waals surface area (Å²) in [6, 6.07) is 0.428. The SMILES string of the molecule is COC(C)CNC(CN)CC(C)C. The van der Waals surface area contributed by atoms with E-state index in [1.165, 1.54) is 0 Å². The molecule has 0 amide bonds. The highest BCUT2D eigenvalue weighted by atomic mass is 16.5. The van der Waals surface area contributed by atoms with E-state index in [9.17, 15) is 0 Å². The highest BCUT2D eigenvalue weighted by Gasteiger charge is 2.09. The number of nitrogens with one attached hydrogen (secondary N) is 1. The van der Waals surface area contributed by atoms with Gasteiger partial charge in [0.1, 0.15) is 0 Å². The van der Waals surface area contributed by atoms with E-state index < -0.39 is 0 Å². The van der Waals surface area contributed by atoms with Crippen LogP contribution in [-0.2, 0) is 4.74 Å². The van der Waals surface area contributed by atoms with E-state index in [1.54, 1.807) is 7.11 Å². The van der Waals surface area contributed by atoms with Crippen molar-refractivity contribution in [2.75, 3.05) is 20.2 Å². The lowest BCUT2D eigenvalue weighted by Crippen LogP contribution is -2.40. The van der Waals surface area contributed by atoms with Gasteiger partial charge in [0.05, 0.1) is 6.10 Å². The number of nitrogens with two attached hydrogens (primary N) is 1. The molecule has 0 aliphatic carbocycles. The number of methoxy groups -OCH3 is 1. The first kappa shape index (κ1) is 12.9. The molecule has 13 heavy (non-hydrogen) atoms. The first-order chi connectivity index (χ1) is 6.10. The normalized spacial score (nSPS) is 16.2. The van der Waals surface area contributed by atoms with E-state index in [0.717, 1.165) is 13.0 Å². The molecule has 3 N–H and O–H groups in total. The minimum absolute atomic E-state index is 0.265. The third kappa shape index (κ3) is 6.99. The lowest BCUT2D eigenvalue weighted by molar-refractivity contribution is 0.113. The maximum Gasteiger partial charge on any atom is 0.0667 e. The van der Waals surface area contributed by atoms with E-state index in [2.05, 4.69) is 26.1 Å². The van der Waals surface area contributed by atoms with Crippen molar-refractivity contribution in [1.29, 1.82) is 0 Å². The first-order valence-electron chi connectivity index (χ1n) is 5.06. The van der Waals surface area contributed by atoms with Crippen LogP contribution in [0.3, 0.4) is 0 Å². The zero-order valence-corrected chi connectivity index (χ0v) is 9.34. The van der Waals surface area contributed by atoms with Gasteiger partial charge in [-0.25, -0.2) is 0 Å². The Labute approximate surface area is 82.0 Å². The third-order valence-electron chi connectivity index (χ3n) is 2.14. The zero-order valence-electron chi connectivity index (χ0n) is 9.34. The monoisotopic (exact) mass is 188 g/mol. The van der Waals surface area contributed by atoms with Crippen molar-refractivity contribution in [3.8, 4) is 0 Å². The maximum atomic E-state index is 5.65. The van der Waals surface area contributed by atoms with Crippen LogP contribution in [0.1, 0.15) is 27.2 Å². The summed E-state index contributed by atoms with van der Waals surface area (Å²) in [6.07, 6.45) is 1.40. The highest BCUT2D eigenvalue weighted by molar-refractivity contribution is 4.70. The van der Waals surface area contributed by atoms with Crippen LogP contribution in [0.25, 0.3) is 0 Å². The fourth-order valence-electron chi connectivity index (χ4n) is 1.25. The van der Waals surface area contributed by atoms with Crippen LogP contribution in [0, 0.1) is 5.92 Å². The van der Waals surface area contributed by atoms with E-state index in [4.69, 9.17) is 10.5 Å².